The van der Waals surface area contributed by atoms with E-state index in [1.165, 1.54) is 0 Å². The van der Waals surface area contributed by atoms with Gasteiger partial charge in [-0.15, -0.1) is 0 Å². The van der Waals surface area contributed by atoms with Gasteiger partial charge in [0.1, 0.15) is 0 Å². The van der Waals surface area contributed by atoms with Crippen molar-refractivity contribution in [2.75, 3.05) is 0 Å². The number of hydrogen-bond acceptors (Lipinski definition) is 4. The van der Waals surface area contributed by atoms with Crippen LogP contribution in [0.25, 0.3) is 0 Å². The van der Waals surface area contributed by atoms with Gasteiger partial charge in [0.2, 0.25) is 5.91 Å². The van der Waals surface area contributed by atoms with Gasteiger partial charge in [-0.25, -0.2) is 0 Å². The van der Waals surface area contributed by atoms with Gasteiger partial charge in [0.05, 0.1) is 24.0 Å². The molecule has 0 unspecified atom stereocenters. The average Bonchev–Trinajstić information content (AvgIpc) is 3.06. The van der Waals surface area contributed by atoms with Crippen molar-refractivity contribution in [1.29, 1.82) is 0 Å². The van der Waals surface area contributed by atoms with Gasteiger partial charge >= 0.3 is 5.97 Å². The lowest BCUT2D eigenvalue weighted by atomic mass is 9.78. The van der Waals surface area contributed by atoms with Crippen LogP contribution in [0.2, 0.25) is 0 Å². The fourth-order valence-electron chi connectivity index (χ4n) is 3.13. The van der Waals surface area contributed by atoms with Gasteiger partial charge in [0.15, 0.2) is 0 Å². The molecular weight excluding hydrogens is 260 g/mol. The van der Waals surface area contributed by atoms with Gasteiger partial charge in [-0.2, -0.15) is 0 Å². The number of carbonyl (C=O) groups is 2. The van der Waals surface area contributed by atoms with Crippen LogP contribution in [0.15, 0.2) is 24.5 Å². The normalized spacial score (nSPS) is 31.2. The highest BCUT2D eigenvalue weighted by Gasteiger charge is 2.55. The summed E-state index contributed by atoms with van der Waals surface area (Å²) in [6, 6.07) is 3.65. The summed E-state index contributed by atoms with van der Waals surface area (Å²) in [6.07, 6.45) is 4.26. The highest BCUT2D eigenvalue weighted by molar-refractivity contribution is 5.86. The Bertz CT molecular complexity index is 519. The second-order valence-electron chi connectivity index (χ2n) is 5.26. The summed E-state index contributed by atoms with van der Waals surface area (Å²) in [7, 11) is 0. The van der Waals surface area contributed by atoms with Crippen molar-refractivity contribution in [3.05, 3.63) is 30.1 Å². The molecule has 2 saturated heterocycles. The zero-order valence-electron chi connectivity index (χ0n) is 10.9. The molecule has 4 atom stereocenters. The number of hydrogen-bond donors (Lipinski definition) is 2. The Kier molecular flexibility index (Phi) is 3.40. The number of carbonyl (C=O) groups excluding carboxylic acids is 1. The van der Waals surface area contributed by atoms with Gasteiger partial charge in [-0.05, 0) is 24.5 Å². The van der Waals surface area contributed by atoms with Gasteiger partial charge in [-0.1, -0.05) is 6.07 Å². The number of nitrogens with one attached hydrogen (secondary N) is 1. The second kappa shape index (κ2) is 5.20. The van der Waals surface area contributed by atoms with E-state index in [0.717, 1.165) is 18.4 Å². The molecule has 6 nitrogen and oxygen atoms in total. The monoisotopic (exact) mass is 276 g/mol. The van der Waals surface area contributed by atoms with Crippen LogP contribution in [0, 0.1) is 11.8 Å². The van der Waals surface area contributed by atoms with Crippen LogP contribution in [-0.2, 0) is 20.9 Å². The minimum absolute atomic E-state index is 0.242. The van der Waals surface area contributed by atoms with Crippen LogP contribution in [0.1, 0.15) is 18.4 Å². The molecule has 2 N–H and O–H groups in total. The predicted molar refractivity (Wildman–Crippen MR) is 68.6 cm³/mol. The van der Waals surface area contributed by atoms with Gasteiger partial charge in [0.25, 0.3) is 0 Å². The average molecular weight is 276 g/mol. The summed E-state index contributed by atoms with van der Waals surface area (Å²) in [5, 5.41) is 12.1. The van der Waals surface area contributed by atoms with Crippen molar-refractivity contribution >= 4 is 11.9 Å². The molecule has 2 fully saturated rings. The molecule has 1 aromatic heterocycles. The van der Waals surface area contributed by atoms with Crippen LogP contribution in [0.4, 0.5) is 0 Å². The van der Waals surface area contributed by atoms with E-state index >= 15 is 0 Å². The van der Waals surface area contributed by atoms with Gasteiger partial charge in [0, 0.05) is 18.9 Å². The third kappa shape index (κ3) is 2.27. The smallest absolute Gasteiger partial charge is 0.310 e. The standard InChI is InChI=1S/C14H16N2O4/c17-13(16-7-8-2-1-5-15-6-8)11-9-3-4-10(20-9)12(11)14(18)19/h1-2,5-6,9-12H,3-4,7H2,(H,16,17)(H,18,19)/t9-,10-,11+,12-/m0/s1. The first-order chi connectivity index (χ1) is 9.66. The largest absolute Gasteiger partial charge is 0.481 e. The summed E-state index contributed by atoms with van der Waals surface area (Å²) in [6.45, 7) is 0.354. The van der Waals surface area contributed by atoms with Gasteiger partial charge in [-0.3, -0.25) is 14.6 Å². The number of ether oxygens (including phenoxy) is 1. The molecule has 0 aromatic carbocycles. The molecule has 1 aromatic rings. The number of aliphatic carboxylic acids is 1. The third-order valence-electron chi connectivity index (χ3n) is 4.05. The first-order valence-corrected chi connectivity index (χ1v) is 6.71. The molecule has 0 aliphatic carbocycles. The molecule has 2 aliphatic rings. The maximum Gasteiger partial charge on any atom is 0.310 e. The number of nitrogens with zero attached hydrogens (tertiary/aromatic N) is 1. The van der Waals surface area contributed by atoms with Crippen molar-refractivity contribution in [3.63, 3.8) is 0 Å². The first-order valence-electron chi connectivity index (χ1n) is 6.71. The number of amides is 1. The lowest BCUT2D eigenvalue weighted by Crippen LogP contribution is -2.43. The third-order valence-corrected chi connectivity index (χ3v) is 4.05. The number of carboxylic acid groups (broad SMARTS) is 1. The number of pyridine rings is 1. The maximum atomic E-state index is 12.2. The Balaban J connectivity index is 1.66. The Labute approximate surface area is 116 Å². The van der Waals surface area contributed by atoms with Crippen LogP contribution in [0.3, 0.4) is 0 Å². The summed E-state index contributed by atoms with van der Waals surface area (Å²) >= 11 is 0. The van der Waals surface area contributed by atoms with Crippen molar-refractivity contribution in [2.24, 2.45) is 11.8 Å². The van der Waals surface area contributed by atoms with E-state index in [1.807, 2.05) is 6.07 Å². The molecule has 20 heavy (non-hydrogen) atoms. The maximum absolute atomic E-state index is 12.2. The van der Waals surface area contributed by atoms with Crippen molar-refractivity contribution < 1.29 is 19.4 Å². The molecule has 3 rings (SSSR count). The number of aromatic nitrogens is 1. The van der Waals surface area contributed by atoms with Crippen LogP contribution in [-0.4, -0.2) is 34.2 Å². The van der Waals surface area contributed by atoms with Crippen LogP contribution >= 0.6 is 0 Å². The predicted octanol–water partition coefficient (Wildman–Crippen LogP) is 0.576. The molecule has 0 radical (unpaired) electrons. The number of fused-ring (bicyclic) bond motifs is 2. The number of rotatable bonds is 4. The lowest BCUT2D eigenvalue weighted by Gasteiger charge is -2.23. The Morgan fingerprint density at radius 1 is 1.35 bits per heavy atom. The molecule has 6 heteroatoms. The van der Waals surface area contributed by atoms with E-state index < -0.39 is 17.8 Å². The minimum atomic E-state index is -0.946. The van der Waals surface area contributed by atoms with E-state index in [-0.39, 0.29) is 18.1 Å². The Morgan fingerprint density at radius 3 is 2.75 bits per heavy atom. The fourth-order valence-corrected chi connectivity index (χ4v) is 3.13. The topological polar surface area (TPSA) is 88.5 Å². The fraction of sp³-hybridized carbons (Fsp3) is 0.500. The van der Waals surface area contributed by atoms with Crippen molar-refractivity contribution in [1.82, 2.24) is 10.3 Å². The molecule has 2 bridgehead atoms. The zero-order chi connectivity index (χ0) is 14.1. The van der Waals surface area contributed by atoms with E-state index in [1.54, 1.807) is 18.5 Å². The first kappa shape index (κ1) is 13.1. The van der Waals surface area contributed by atoms with Crippen LogP contribution < -0.4 is 5.32 Å². The molecule has 0 spiro atoms. The van der Waals surface area contributed by atoms with E-state index in [2.05, 4.69) is 10.3 Å². The highest BCUT2D eigenvalue weighted by Crippen LogP contribution is 2.43. The van der Waals surface area contributed by atoms with Crippen molar-refractivity contribution in [3.8, 4) is 0 Å². The Morgan fingerprint density at radius 2 is 2.10 bits per heavy atom. The van der Waals surface area contributed by atoms with E-state index in [4.69, 9.17) is 4.74 Å². The van der Waals surface area contributed by atoms with E-state index in [0.29, 0.717) is 6.54 Å². The lowest BCUT2D eigenvalue weighted by molar-refractivity contribution is -0.147. The summed E-state index contributed by atoms with van der Waals surface area (Å²) in [5.74, 6) is -2.49. The summed E-state index contributed by atoms with van der Waals surface area (Å²) < 4.78 is 5.58. The number of carboxylic acids is 1. The molecule has 3 heterocycles. The highest BCUT2D eigenvalue weighted by atomic mass is 16.5. The van der Waals surface area contributed by atoms with Crippen molar-refractivity contribution in [2.45, 2.75) is 31.6 Å². The quantitative estimate of drug-likeness (QED) is 0.839. The molecule has 106 valence electrons. The zero-order valence-corrected chi connectivity index (χ0v) is 10.9. The molecule has 1 amide bonds. The Hall–Kier alpha value is -1.95. The van der Waals surface area contributed by atoms with E-state index in [9.17, 15) is 14.7 Å². The molecule has 0 saturated carbocycles. The molecule has 2 aliphatic heterocycles. The SMILES string of the molecule is O=C(O)[C@@H]1[C@H](C(=O)NCc2cccnc2)[C@@H]2CC[C@@H]1O2. The second-order valence-corrected chi connectivity index (χ2v) is 5.26. The summed E-state index contributed by atoms with van der Waals surface area (Å²) in [4.78, 5) is 27.5. The van der Waals surface area contributed by atoms with Gasteiger partial charge < -0.3 is 15.2 Å². The summed E-state index contributed by atoms with van der Waals surface area (Å²) in [5.41, 5.74) is 0.886. The molecular formula is C14H16N2O4. The van der Waals surface area contributed by atoms with Crippen LogP contribution in [0.5, 0.6) is 0 Å². The minimum Gasteiger partial charge on any atom is -0.481 e.